The molecule has 0 atom stereocenters. The SMILES string of the molecule is CNCCCOC(C)(C)CCOC(C)(C)CCCNC. The second kappa shape index (κ2) is 10.6. The fraction of sp³-hybridized carbons (Fsp3) is 1.00. The Hall–Kier alpha value is -0.160. The van der Waals surface area contributed by atoms with Crippen LogP contribution < -0.4 is 10.6 Å². The highest BCUT2D eigenvalue weighted by Crippen LogP contribution is 2.20. The van der Waals surface area contributed by atoms with Crippen LogP contribution in [0.4, 0.5) is 0 Å². The zero-order chi connectivity index (χ0) is 15.5. The third kappa shape index (κ3) is 11.6. The Labute approximate surface area is 126 Å². The first-order valence-electron chi connectivity index (χ1n) is 7.90. The molecule has 4 heteroatoms. The first-order chi connectivity index (χ1) is 9.33. The van der Waals surface area contributed by atoms with Crippen molar-refractivity contribution in [2.24, 2.45) is 0 Å². The Morgan fingerprint density at radius 2 is 1.20 bits per heavy atom. The molecule has 0 rings (SSSR count). The molecule has 0 fully saturated rings. The van der Waals surface area contributed by atoms with Gasteiger partial charge in [-0.3, -0.25) is 0 Å². The number of nitrogens with one attached hydrogen (secondary N) is 2. The van der Waals surface area contributed by atoms with Gasteiger partial charge in [-0.1, -0.05) is 0 Å². The van der Waals surface area contributed by atoms with Gasteiger partial charge in [-0.2, -0.15) is 0 Å². The summed E-state index contributed by atoms with van der Waals surface area (Å²) in [5.74, 6) is 0. The predicted molar refractivity (Wildman–Crippen MR) is 86.4 cm³/mol. The maximum Gasteiger partial charge on any atom is 0.0648 e. The summed E-state index contributed by atoms with van der Waals surface area (Å²) in [5, 5.41) is 6.30. The molecule has 0 aromatic carbocycles. The summed E-state index contributed by atoms with van der Waals surface area (Å²) in [6.07, 6.45) is 4.21. The number of hydrogen-bond acceptors (Lipinski definition) is 4. The normalized spacial score (nSPS) is 12.9. The molecule has 20 heavy (non-hydrogen) atoms. The van der Waals surface area contributed by atoms with Crippen LogP contribution in [-0.2, 0) is 9.47 Å². The van der Waals surface area contributed by atoms with E-state index in [2.05, 4.69) is 38.3 Å². The Morgan fingerprint density at radius 1 is 0.700 bits per heavy atom. The van der Waals surface area contributed by atoms with E-state index in [-0.39, 0.29) is 11.2 Å². The van der Waals surface area contributed by atoms with Crippen molar-refractivity contribution >= 4 is 0 Å². The number of hydrogen-bond donors (Lipinski definition) is 2. The molecule has 0 bridgehead atoms. The van der Waals surface area contributed by atoms with Crippen LogP contribution in [0.1, 0.15) is 53.4 Å². The lowest BCUT2D eigenvalue weighted by molar-refractivity contribution is -0.0749. The highest BCUT2D eigenvalue weighted by atomic mass is 16.5. The van der Waals surface area contributed by atoms with E-state index in [0.717, 1.165) is 52.0 Å². The van der Waals surface area contributed by atoms with Gasteiger partial charge in [0, 0.05) is 6.61 Å². The average molecular weight is 288 g/mol. The second-order valence-electron chi connectivity index (χ2n) is 6.63. The fourth-order valence-corrected chi connectivity index (χ4v) is 2.01. The van der Waals surface area contributed by atoms with Gasteiger partial charge in [0.05, 0.1) is 17.8 Å². The highest BCUT2D eigenvalue weighted by molar-refractivity contribution is 4.72. The van der Waals surface area contributed by atoms with Gasteiger partial charge in [0.15, 0.2) is 0 Å². The summed E-state index contributed by atoms with van der Waals surface area (Å²) >= 11 is 0. The Bertz CT molecular complexity index is 231. The Balaban J connectivity index is 3.78. The van der Waals surface area contributed by atoms with E-state index in [9.17, 15) is 0 Å². The van der Waals surface area contributed by atoms with Crippen molar-refractivity contribution in [2.45, 2.75) is 64.6 Å². The molecule has 4 nitrogen and oxygen atoms in total. The standard InChI is InChI=1S/C16H36N2O2/c1-15(2,9-7-11-17-5)20-14-10-16(3,4)19-13-8-12-18-6/h17-18H,7-14H2,1-6H3. The molecule has 122 valence electrons. The molecule has 0 amide bonds. The van der Waals surface area contributed by atoms with Crippen molar-refractivity contribution < 1.29 is 9.47 Å². The molecule has 0 saturated heterocycles. The van der Waals surface area contributed by atoms with Gasteiger partial charge < -0.3 is 20.1 Å². The minimum Gasteiger partial charge on any atom is -0.375 e. The lowest BCUT2D eigenvalue weighted by atomic mass is 10.0. The van der Waals surface area contributed by atoms with Crippen LogP contribution in [0.25, 0.3) is 0 Å². The first kappa shape index (κ1) is 19.8. The minimum absolute atomic E-state index is 0.0426. The molecule has 0 radical (unpaired) electrons. The van der Waals surface area contributed by atoms with E-state index in [1.807, 2.05) is 14.1 Å². The van der Waals surface area contributed by atoms with Gasteiger partial charge in [-0.15, -0.1) is 0 Å². The monoisotopic (exact) mass is 288 g/mol. The average Bonchev–Trinajstić information content (AvgIpc) is 2.34. The lowest BCUT2D eigenvalue weighted by Crippen LogP contribution is -2.32. The Kier molecular flexibility index (Phi) is 10.5. The van der Waals surface area contributed by atoms with E-state index < -0.39 is 0 Å². The quantitative estimate of drug-likeness (QED) is 0.511. The van der Waals surface area contributed by atoms with Crippen molar-refractivity contribution in [3.8, 4) is 0 Å². The summed E-state index contributed by atoms with van der Waals surface area (Å²) in [6.45, 7) is 12.2. The van der Waals surface area contributed by atoms with Crippen LogP contribution in [0, 0.1) is 0 Å². The molecular formula is C16H36N2O2. The molecule has 0 aromatic heterocycles. The topological polar surface area (TPSA) is 42.5 Å². The zero-order valence-corrected chi connectivity index (χ0v) is 14.5. The van der Waals surface area contributed by atoms with Gasteiger partial charge in [0.25, 0.3) is 0 Å². The van der Waals surface area contributed by atoms with Gasteiger partial charge in [-0.25, -0.2) is 0 Å². The van der Waals surface area contributed by atoms with E-state index in [1.54, 1.807) is 0 Å². The van der Waals surface area contributed by atoms with Gasteiger partial charge in [0.2, 0.25) is 0 Å². The first-order valence-corrected chi connectivity index (χ1v) is 7.90. The molecule has 0 aliphatic rings. The molecule has 0 saturated carbocycles. The van der Waals surface area contributed by atoms with Crippen LogP contribution >= 0.6 is 0 Å². The largest absolute Gasteiger partial charge is 0.375 e. The summed E-state index contributed by atoms with van der Waals surface area (Å²) in [5.41, 5.74) is -0.145. The van der Waals surface area contributed by atoms with E-state index in [4.69, 9.17) is 9.47 Å². The van der Waals surface area contributed by atoms with Crippen LogP contribution in [-0.4, -0.2) is 51.6 Å². The second-order valence-corrected chi connectivity index (χ2v) is 6.63. The summed E-state index contributed by atoms with van der Waals surface area (Å²) < 4.78 is 11.9. The third-order valence-corrected chi connectivity index (χ3v) is 3.47. The van der Waals surface area contributed by atoms with Crippen molar-refractivity contribution in [3.63, 3.8) is 0 Å². The smallest absolute Gasteiger partial charge is 0.0648 e. The molecular weight excluding hydrogens is 252 g/mol. The maximum absolute atomic E-state index is 6.02. The van der Waals surface area contributed by atoms with Gasteiger partial charge in [-0.05, 0) is 80.6 Å². The summed E-state index contributed by atoms with van der Waals surface area (Å²) in [4.78, 5) is 0. The maximum atomic E-state index is 6.02. The number of rotatable bonds is 13. The zero-order valence-electron chi connectivity index (χ0n) is 14.5. The predicted octanol–water partition coefficient (Wildman–Crippen LogP) is 2.58. The van der Waals surface area contributed by atoms with Crippen molar-refractivity contribution in [1.82, 2.24) is 10.6 Å². The van der Waals surface area contributed by atoms with Crippen LogP contribution in [0.15, 0.2) is 0 Å². The van der Waals surface area contributed by atoms with Crippen LogP contribution in [0.3, 0.4) is 0 Å². The molecule has 0 unspecified atom stereocenters. The van der Waals surface area contributed by atoms with Gasteiger partial charge in [0.1, 0.15) is 0 Å². The van der Waals surface area contributed by atoms with E-state index in [1.165, 1.54) is 0 Å². The van der Waals surface area contributed by atoms with E-state index in [0.29, 0.717) is 0 Å². The van der Waals surface area contributed by atoms with Crippen molar-refractivity contribution in [1.29, 1.82) is 0 Å². The highest BCUT2D eigenvalue weighted by Gasteiger charge is 2.22. The fourth-order valence-electron chi connectivity index (χ4n) is 2.01. The molecule has 0 heterocycles. The minimum atomic E-state index is -0.102. The molecule has 0 aliphatic carbocycles. The third-order valence-electron chi connectivity index (χ3n) is 3.47. The van der Waals surface area contributed by atoms with Crippen molar-refractivity contribution in [3.05, 3.63) is 0 Å². The Morgan fingerprint density at radius 3 is 1.80 bits per heavy atom. The lowest BCUT2D eigenvalue weighted by Gasteiger charge is -2.30. The summed E-state index contributed by atoms with van der Waals surface area (Å²) in [6, 6.07) is 0. The van der Waals surface area contributed by atoms with E-state index >= 15 is 0 Å². The molecule has 0 aromatic rings. The number of ether oxygens (including phenoxy) is 2. The van der Waals surface area contributed by atoms with Gasteiger partial charge >= 0.3 is 0 Å². The molecule has 0 spiro atoms. The molecule has 2 N–H and O–H groups in total. The van der Waals surface area contributed by atoms with Crippen LogP contribution in [0.5, 0.6) is 0 Å². The van der Waals surface area contributed by atoms with Crippen molar-refractivity contribution in [2.75, 3.05) is 40.4 Å². The van der Waals surface area contributed by atoms with Crippen LogP contribution in [0.2, 0.25) is 0 Å². The summed E-state index contributed by atoms with van der Waals surface area (Å²) in [7, 11) is 3.96. The molecule has 0 aliphatic heterocycles.